The third-order valence-corrected chi connectivity index (χ3v) is 4.99. The quantitative estimate of drug-likeness (QED) is 0.306. The van der Waals surface area contributed by atoms with Gasteiger partial charge in [0, 0.05) is 12.2 Å². The predicted octanol–water partition coefficient (Wildman–Crippen LogP) is 6.57. The Hall–Kier alpha value is -1.88. The summed E-state index contributed by atoms with van der Waals surface area (Å²) in [5.74, 6) is -4.45. The number of unbranched alkanes of at least 4 members (excludes halogenated alkanes) is 1. The van der Waals surface area contributed by atoms with Crippen LogP contribution < -0.4 is 0 Å². The second kappa shape index (κ2) is 8.21. The van der Waals surface area contributed by atoms with E-state index in [1.165, 1.54) is 12.1 Å². The minimum absolute atomic E-state index is 0.0301. The summed E-state index contributed by atoms with van der Waals surface area (Å²) in [6, 6.07) is 6.18. The highest BCUT2D eigenvalue weighted by Gasteiger charge is 2.29. The molecule has 140 valence electrons. The first-order valence-corrected chi connectivity index (χ1v) is 9.07. The first-order valence-electron chi connectivity index (χ1n) is 9.07. The van der Waals surface area contributed by atoms with Crippen molar-refractivity contribution in [2.75, 3.05) is 6.61 Å². The third kappa shape index (κ3) is 3.93. The molecular weight excluding hydrogens is 344 g/mol. The van der Waals surface area contributed by atoms with E-state index in [4.69, 9.17) is 4.74 Å². The van der Waals surface area contributed by atoms with Crippen LogP contribution in [0.25, 0.3) is 11.1 Å². The van der Waals surface area contributed by atoms with Crippen molar-refractivity contribution < 1.29 is 22.3 Å². The van der Waals surface area contributed by atoms with E-state index in [0.29, 0.717) is 12.5 Å². The summed E-state index contributed by atoms with van der Waals surface area (Å²) in [4.78, 5) is 0. The number of hydrogen-bond acceptors (Lipinski definition) is 1. The molecule has 0 aromatic heterocycles. The number of ether oxygens (including phenoxy) is 1. The molecule has 1 unspecified atom stereocenters. The molecule has 1 aliphatic rings. The van der Waals surface area contributed by atoms with Crippen LogP contribution in [-0.2, 0) is 4.74 Å². The highest BCUT2D eigenvalue weighted by molar-refractivity contribution is 5.64. The molecule has 0 radical (unpaired) electrons. The maximum Gasteiger partial charge on any atom is 0.194 e. The molecular formula is C21H22F4O. The molecule has 0 bridgehead atoms. The van der Waals surface area contributed by atoms with E-state index >= 15 is 0 Å². The lowest BCUT2D eigenvalue weighted by Crippen LogP contribution is -2.23. The lowest BCUT2D eigenvalue weighted by molar-refractivity contribution is -0.0170. The molecule has 0 N–H and O–H groups in total. The van der Waals surface area contributed by atoms with E-state index in [1.807, 2.05) is 0 Å². The molecule has 2 aromatic carbocycles. The number of benzene rings is 2. The predicted molar refractivity (Wildman–Crippen MR) is 92.7 cm³/mol. The van der Waals surface area contributed by atoms with Gasteiger partial charge in [-0.2, -0.15) is 0 Å². The normalized spacial score (nSPS) is 15.7. The van der Waals surface area contributed by atoms with E-state index in [9.17, 15) is 17.6 Å². The van der Waals surface area contributed by atoms with Crippen LogP contribution in [0.5, 0.6) is 0 Å². The Morgan fingerprint density at radius 2 is 1.69 bits per heavy atom. The van der Waals surface area contributed by atoms with Gasteiger partial charge in [0.1, 0.15) is 5.82 Å². The van der Waals surface area contributed by atoms with Crippen molar-refractivity contribution in [3.63, 3.8) is 0 Å². The topological polar surface area (TPSA) is 9.23 Å². The van der Waals surface area contributed by atoms with Crippen molar-refractivity contribution >= 4 is 0 Å². The van der Waals surface area contributed by atoms with Crippen molar-refractivity contribution in [1.82, 2.24) is 0 Å². The zero-order valence-corrected chi connectivity index (χ0v) is 14.7. The van der Waals surface area contributed by atoms with Gasteiger partial charge in [0.15, 0.2) is 17.5 Å². The Morgan fingerprint density at radius 3 is 2.23 bits per heavy atom. The SMILES string of the molecule is CCCCOC(c1ccc(-c2cc(F)c(F)c(F)c2)c(F)c1)C1CCC1. The maximum atomic E-state index is 14.6. The Balaban J connectivity index is 1.88. The fourth-order valence-electron chi connectivity index (χ4n) is 3.26. The van der Waals surface area contributed by atoms with Crippen LogP contribution in [0.15, 0.2) is 30.3 Å². The average molecular weight is 366 g/mol. The van der Waals surface area contributed by atoms with Gasteiger partial charge in [-0.3, -0.25) is 0 Å². The van der Waals surface area contributed by atoms with Gasteiger partial charge in [-0.15, -0.1) is 0 Å². The minimum Gasteiger partial charge on any atom is -0.373 e. The van der Waals surface area contributed by atoms with Gasteiger partial charge in [0.25, 0.3) is 0 Å². The smallest absolute Gasteiger partial charge is 0.194 e. The van der Waals surface area contributed by atoms with Crippen molar-refractivity contribution in [1.29, 1.82) is 0 Å². The molecule has 1 nitrogen and oxygen atoms in total. The molecule has 3 rings (SSSR count). The molecule has 0 heterocycles. The molecule has 0 aliphatic heterocycles. The van der Waals surface area contributed by atoms with Crippen molar-refractivity contribution in [3.8, 4) is 11.1 Å². The summed E-state index contributed by atoms with van der Waals surface area (Å²) in [7, 11) is 0. The minimum atomic E-state index is -1.56. The van der Waals surface area contributed by atoms with E-state index in [1.54, 1.807) is 6.07 Å². The molecule has 1 saturated carbocycles. The summed E-state index contributed by atoms with van der Waals surface area (Å²) in [6.07, 6.45) is 5.04. The second-order valence-corrected chi connectivity index (χ2v) is 6.83. The van der Waals surface area contributed by atoms with Crippen LogP contribution in [0.3, 0.4) is 0 Å². The van der Waals surface area contributed by atoms with Crippen LogP contribution >= 0.6 is 0 Å². The monoisotopic (exact) mass is 366 g/mol. The van der Waals surface area contributed by atoms with Crippen LogP contribution in [0.2, 0.25) is 0 Å². The number of hydrogen-bond donors (Lipinski definition) is 0. The maximum absolute atomic E-state index is 14.6. The van der Waals surface area contributed by atoms with Gasteiger partial charge in [0.2, 0.25) is 0 Å². The van der Waals surface area contributed by atoms with Crippen molar-refractivity contribution in [3.05, 3.63) is 59.2 Å². The van der Waals surface area contributed by atoms with Crippen LogP contribution in [0.1, 0.15) is 50.7 Å². The van der Waals surface area contributed by atoms with Crippen molar-refractivity contribution in [2.45, 2.75) is 45.1 Å². The van der Waals surface area contributed by atoms with Crippen molar-refractivity contribution in [2.24, 2.45) is 5.92 Å². The molecule has 26 heavy (non-hydrogen) atoms. The van der Waals surface area contributed by atoms with Gasteiger partial charge in [-0.05, 0) is 54.5 Å². The lowest BCUT2D eigenvalue weighted by Gasteiger charge is -2.34. The standard InChI is InChI=1S/C21H22F4O/c1-2-3-9-26-21(13-5-4-6-13)14-7-8-16(17(22)10-14)15-11-18(23)20(25)19(24)12-15/h7-8,10-13,21H,2-6,9H2,1H3. The lowest BCUT2D eigenvalue weighted by atomic mass is 9.78. The van der Waals surface area contributed by atoms with Gasteiger partial charge < -0.3 is 4.74 Å². The summed E-state index contributed by atoms with van der Waals surface area (Å²) >= 11 is 0. The fourth-order valence-corrected chi connectivity index (χ4v) is 3.26. The van der Waals surface area contributed by atoms with Gasteiger partial charge in [-0.25, -0.2) is 17.6 Å². The zero-order chi connectivity index (χ0) is 18.7. The molecule has 1 fully saturated rings. The first kappa shape index (κ1) is 18.9. The zero-order valence-electron chi connectivity index (χ0n) is 14.7. The van der Waals surface area contributed by atoms with Gasteiger partial charge in [0.05, 0.1) is 6.10 Å². The average Bonchev–Trinajstić information content (AvgIpc) is 2.57. The molecule has 0 spiro atoms. The van der Waals surface area contributed by atoms with Crippen LogP contribution in [0.4, 0.5) is 17.6 Å². The van der Waals surface area contributed by atoms with Gasteiger partial charge >= 0.3 is 0 Å². The van der Waals surface area contributed by atoms with E-state index < -0.39 is 23.3 Å². The highest BCUT2D eigenvalue weighted by atomic mass is 19.2. The Bertz CT molecular complexity index is 748. The molecule has 2 aromatic rings. The highest BCUT2D eigenvalue weighted by Crippen LogP contribution is 2.41. The van der Waals surface area contributed by atoms with Crippen LogP contribution in [0, 0.1) is 29.2 Å². The number of rotatable bonds is 7. The summed E-state index contributed by atoms with van der Waals surface area (Å²) in [5, 5.41) is 0. The Labute approximate surface area is 151 Å². The largest absolute Gasteiger partial charge is 0.373 e. The molecule has 1 atom stereocenters. The Morgan fingerprint density at radius 1 is 1.00 bits per heavy atom. The fraction of sp³-hybridized carbons (Fsp3) is 0.429. The second-order valence-electron chi connectivity index (χ2n) is 6.83. The van der Waals surface area contributed by atoms with E-state index in [0.717, 1.165) is 49.8 Å². The third-order valence-electron chi connectivity index (χ3n) is 4.99. The van der Waals surface area contributed by atoms with Gasteiger partial charge in [-0.1, -0.05) is 31.9 Å². The van der Waals surface area contributed by atoms with Crippen LogP contribution in [-0.4, -0.2) is 6.61 Å². The summed E-state index contributed by atoms with van der Waals surface area (Å²) in [5.41, 5.74) is 0.736. The van der Waals surface area contributed by atoms with E-state index in [-0.39, 0.29) is 17.2 Å². The number of halogens is 4. The first-order chi connectivity index (χ1) is 12.5. The molecule has 0 amide bonds. The Kier molecular flexibility index (Phi) is 5.97. The molecule has 5 heteroatoms. The summed E-state index contributed by atoms with van der Waals surface area (Å²) < 4.78 is 60.6. The molecule has 0 saturated heterocycles. The summed E-state index contributed by atoms with van der Waals surface area (Å²) in [6.45, 7) is 2.70. The molecule has 1 aliphatic carbocycles. The van der Waals surface area contributed by atoms with E-state index in [2.05, 4.69) is 6.92 Å².